The fourth-order valence-corrected chi connectivity index (χ4v) is 3.23. The third-order valence-corrected chi connectivity index (χ3v) is 4.18. The smallest absolute Gasteiger partial charge is 0.195 e. The summed E-state index contributed by atoms with van der Waals surface area (Å²) in [6.07, 6.45) is 2.01. The number of aryl methyl sites for hydroxylation is 1. The highest BCUT2D eigenvalue weighted by Gasteiger charge is 2.16. The Morgan fingerprint density at radius 1 is 1.35 bits per heavy atom. The molecule has 0 saturated carbocycles. The average Bonchev–Trinajstić information content (AvgIpc) is 2.98. The Labute approximate surface area is 126 Å². The van der Waals surface area contributed by atoms with Crippen LogP contribution in [0.4, 0.5) is 5.82 Å². The van der Waals surface area contributed by atoms with Gasteiger partial charge in [-0.3, -0.25) is 9.38 Å². The summed E-state index contributed by atoms with van der Waals surface area (Å²) in [5, 5.41) is 2.02. The second-order valence-electron chi connectivity index (χ2n) is 4.70. The molecule has 3 heterocycles. The predicted octanol–water partition coefficient (Wildman–Crippen LogP) is 3.47. The number of hydrogen-bond donors (Lipinski definition) is 0. The van der Waals surface area contributed by atoms with E-state index >= 15 is 0 Å². The number of halogens is 1. The fraction of sp³-hybridized carbons (Fsp3) is 0.286. The van der Waals surface area contributed by atoms with Gasteiger partial charge in [-0.15, -0.1) is 22.9 Å². The molecule has 4 nitrogen and oxygen atoms in total. The predicted molar refractivity (Wildman–Crippen MR) is 83.7 cm³/mol. The van der Waals surface area contributed by atoms with Crippen molar-refractivity contribution < 1.29 is 0 Å². The Morgan fingerprint density at radius 2 is 2.20 bits per heavy atom. The summed E-state index contributed by atoms with van der Waals surface area (Å²) in [4.78, 5) is 12.3. The lowest BCUT2D eigenvalue weighted by molar-refractivity contribution is 0.857. The van der Waals surface area contributed by atoms with Gasteiger partial charge in [0.25, 0.3) is 0 Å². The molecule has 0 spiro atoms. The summed E-state index contributed by atoms with van der Waals surface area (Å²) >= 11 is 7.70. The molecular weight excluding hydrogens is 292 g/mol. The summed E-state index contributed by atoms with van der Waals surface area (Å²) in [5.74, 6) is 1.37. The number of imidazole rings is 1. The van der Waals surface area contributed by atoms with Gasteiger partial charge in [0.1, 0.15) is 0 Å². The minimum atomic E-state index is 0.443. The number of pyridine rings is 1. The van der Waals surface area contributed by atoms with Gasteiger partial charge < -0.3 is 4.90 Å². The summed E-state index contributed by atoms with van der Waals surface area (Å²) in [6.45, 7) is 2.72. The molecule has 0 aliphatic carbocycles. The van der Waals surface area contributed by atoms with Crippen LogP contribution in [0.5, 0.6) is 0 Å². The van der Waals surface area contributed by atoms with Crippen LogP contribution in [0.3, 0.4) is 0 Å². The molecule has 0 N–H and O–H groups in total. The number of hydrogen-bond acceptors (Lipinski definition) is 4. The van der Waals surface area contributed by atoms with Crippen molar-refractivity contribution in [2.75, 3.05) is 11.9 Å². The van der Waals surface area contributed by atoms with Crippen LogP contribution in [-0.2, 0) is 12.4 Å². The maximum absolute atomic E-state index is 6.08. The molecule has 3 aromatic heterocycles. The van der Waals surface area contributed by atoms with Gasteiger partial charge in [-0.25, -0.2) is 4.98 Å². The Kier molecular flexibility index (Phi) is 3.63. The molecule has 6 heteroatoms. The van der Waals surface area contributed by atoms with E-state index < -0.39 is 0 Å². The Bertz CT molecular complexity index is 734. The van der Waals surface area contributed by atoms with Crippen LogP contribution in [0.25, 0.3) is 4.96 Å². The molecule has 0 bridgehead atoms. The minimum absolute atomic E-state index is 0.443. The van der Waals surface area contributed by atoms with Gasteiger partial charge in [0.15, 0.2) is 10.8 Å². The lowest BCUT2D eigenvalue weighted by Crippen LogP contribution is -2.19. The number of alkyl halides is 1. The van der Waals surface area contributed by atoms with Crippen molar-refractivity contribution in [1.82, 2.24) is 14.4 Å². The van der Waals surface area contributed by atoms with E-state index in [0.717, 1.165) is 34.4 Å². The van der Waals surface area contributed by atoms with Crippen molar-refractivity contribution in [2.24, 2.45) is 0 Å². The zero-order valence-corrected chi connectivity index (χ0v) is 12.9. The van der Waals surface area contributed by atoms with E-state index in [9.17, 15) is 0 Å². The van der Waals surface area contributed by atoms with Crippen LogP contribution in [0, 0.1) is 6.92 Å². The Morgan fingerprint density at radius 3 is 2.95 bits per heavy atom. The van der Waals surface area contributed by atoms with Crippen molar-refractivity contribution >= 4 is 33.7 Å². The maximum Gasteiger partial charge on any atom is 0.195 e. The molecule has 0 radical (unpaired) electrons. The highest BCUT2D eigenvalue weighted by Crippen LogP contribution is 2.26. The number of fused-ring (bicyclic) bond motifs is 1. The zero-order chi connectivity index (χ0) is 14.1. The third-order valence-electron chi connectivity index (χ3n) is 3.17. The molecule has 3 aromatic rings. The van der Waals surface area contributed by atoms with Gasteiger partial charge in [-0.1, -0.05) is 6.07 Å². The van der Waals surface area contributed by atoms with Gasteiger partial charge >= 0.3 is 0 Å². The highest BCUT2D eigenvalue weighted by atomic mass is 35.5. The van der Waals surface area contributed by atoms with E-state index in [4.69, 9.17) is 11.6 Å². The van der Waals surface area contributed by atoms with Gasteiger partial charge in [0.05, 0.1) is 23.8 Å². The molecule has 0 unspecified atom stereocenters. The van der Waals surface area contributed by atoms with Gasteiger partial charge in [0.2, 0.25) is 0 Å². The summed E-state index contributed by atoms with van der Waals surface area (Å²) in [5.41, 5.74) is 3.08. The zero-order valence-electron chi connectivity index (χ0n) is 11.4. The normalized spacial score (nSPS) is 11.2. The first-order valence-electron chi connectivity index (χ1n) is 6.33. The maximum atomic E-state index is 6.08. The van der Waals surface area contributed by atoms with Crippen LogP contribution in [0.15, 0.2) is 29.8 Å². The number of nitrogens with zero attached hydrogens (tertiary/aromatic N) is 4. The van der Waals surface area contributed by atoms with Gasteiger partial charge in [-0.05, 0) is 19.1 Å². The SMILES string of the molecule is Cc1cccc(CN(C)c2nc3sccn3c2CCl)n1. The molecule has 104 valence electrons. The number of anilines is 1. The first-order chi connectivity index (χ1) is 9.69. The van der Waals surface area contributed by atoms with Crippen LogP contribution < -0.4 is 4.90 Å². The van der Waals surface area contributed by atoms with Gasteiger partial charge in [-0.2, -0.15) is 0 Å². The quantitative estimate of drug-likeness (QED) is 0.692. The van der Waals surface area contributed by atoms with Crippen LogP contribution >= 0.6 is 22.9 Å². The Balaban J connectivity index is 1.92. The van der Waals surface area contributed by atoms with Crippen LogP contribution in [0.2, 0.25) is 0 Å². The summed E-state index contributed by atoms with van der Waals surface area (Å²) in [6, 6.07) is 6.06. The van der Waals surface area contributed by atoms with Crippen molar-refractivity contribution in [3.63, 3.8) is 0 Å². The molecule has 0 aliphatic heterocycles. The van der Waals surface area contributed by atoms with E-state index in [-0.39, 0.29) is 0 Å². The summed E-state index contributed by atoms with van der Waals surface area (Å²) < 4.78 is 2.05. The molecule has 0 fully saturated rings. The van der Waals surface area contributed by atoms with Crippen LogP contribution in [-0.4, -0.2) is 21.4 Å². The molecule has 3 rings (SSSR count). The van der Waals surface area contributed by atoms with Crippen molar-refractivity contribution in [2.45, 2.75) is 19.3 Å². The topological polar surface area (TPSA) is 33.4 Å². The number of thiazole rings is 1. The molecule has 0 atom stereocenters. The van der Waals surface area contributed by atoms with E-state index in [1.807, 2.05) is 48.1 Å². The van der Waals surface area contributed by atoms with Crippen molar-refractivity contribution in [3.8, 4) is 0 Å². The standard InChI is InChI=1S/C14H15ClN4S/c1-10-4-3-5-11(16-10)9-18(2)13-12(8-15)19-6-7-20-14(19)17-13/h3-7H,8-9H2,1-2H3. The third kappa shape index (κ3) is 2.39. The van der Waals surface area contributed by atoms with E-state index in [1.54, 1.807) is 11.3 Å². The summed E-state index contributed by atoms with van der Waals surface area (Å²) in [7, 11) is 2.02. The number of rotatable bonds is 4. The van der Waals surface area contributed by atoms with E-state index in [1.165, 1.54) is 0 Å². The van der Waals surface area contributed by atoms with Crippen molar-refractivity contribution in [1.29, 1.82) is 0 Å². The van der Waals surface area contributed by atoms with Crippen LogP contribution in [0.1, 0.15) is 17.1 Å². The Hall–Kier alpha value is -1.59. The monoisotopic (exact) mass is 306 g/mol. The highest BCUT2D eigenvalue weighted by molar-refractivity contribution is 7.15. The lowest BCUT2D eigenvalue weighted by atomic mass is 10.3. The van der Waals surface area contributed by atoms with Crippen molar-refractivity contribution in [3.05, 3.63) is 46.9 Å². The molecule has 0 aromatic carbocycles. The molecule has 0 saturated heterocycles. The average molecular weight is 307 g/mol. The van der Waals surface area contributed by atoms with Gasteiger partial charge in [0, 0.05) is 24.3 Å². The lowest BCUT2D eigenvalue weighted by Gasteiger charge is -2.17. The molecular formula is C14H15ClN4S. The molecule has 0 amide bonds. The minimum Gasteiger partial charge on any atom is -0.352 e. The number of aromatic nitrogens is 3. The molecule has 0 aliphatic rings. The fourth-order valence-electron chi connectivity index (χ4n) is 2.26. The first kappa shape index (κ1) is 13.4. The first-order valence-corrected chi connectivity index (χ1v) is 7.74. The second kappa shape index (κ2) is 5.42. The molecule has 20 heavy (non-hydrogen) atoms. The second-order valence-corrected chi connectivity index (χ2v) is 5.84. The van der Waals surface area contributed by atoms with E-state index in [0.29, 0.717) is 5.88 Å². The largest absolute Gasteiger partial charge is 0.352 e. The van der Waals surface area contributed by atoms with E-state index in [2.05, 4.69) is 14.9 Å².